The van der Waals surface area contributed by atoms with Crippen LogP contribution in [0.25, 0.3) is 177 Å². The molecule has 414 valence electrons. The summed E-state index contributed by atoms with van der Waals surface area (Å²) in [6.07, 6.45) is 0. The van der Waals surface area contributed by atoms with Gasteiger partial charge in [0.1, 0.15) is 11.2 Å². The van der Waals surface area contributed by atoms with Crippen LogP contribution in [-0.4, -0.2) is 33.2 Å². The Balaban J connectivity index is 0.793. The van der Waals surface area contributed by atoms with Gasteiger partial charge in [-0.3, -0.25) is 4.57 Å². The molecule has 0 radical (unpaired) electrons. The molecule has 8 heteroatoms. The number of benzene rings is 13. The Bertz CT molecular complexity index is 6020. The Morgan fingerprint density at radius 2 is 0.506 bits per heavy atom. The average Bonchev–Trinajstić information content (AvgIpc) is 1.64. The molecule has 8 nitrogen and oxygen atoms in total. The van der Waals surface area contributed by atoms with E-state index in [1.807, 2.05) is 36.4 Å². The molecule has 6 heterocycles. The monoisotopic (exact) mass is 1140 g/mol. The van der Waals surface area contributed by atoms with Crippen LogP contribution in [0.15, 0.2) is 302 Å². The summed E-state index contributed by atoms with van der Waals surface area (Å²) in [6, 6.07) is 107. The van der Waals surface area contributed by atoms with Crippen molar-refractivity contribution in [2.24, 2.45) is 0 Å². The van der Waals surface area contributed by atoms with Crippen LogP contribution in [0.1, 0.15) is 0 Å². The van der Waals surface area contributed by atoms with E-state index in [9.17, 15) is 0 Å². The molecule has 0 amide bonds. The van der Waals surface area contributed by atoms with Gasteiger partial charge in [0.25, 0.3) is 0 Å². The lowest BCUT2D eigenvalue weighted by atomic mass is 9.98. The minimum Gasteiger partial charge on any atom is -0.456 e. The maximum absolute atomic E-state index is 6.67. The minimum absolute atomic E-state index is 0.545. The minimum atomic E-state index is 0.545. The fraction of sp³-hybridized carbons (Fsp3) is 0. The Labute approximate surface area is 509 Å². The SMILES string of the molecule is c1ccc(-c2nc(-c3ccccc3)nc(-n3c4ccc(-c5ccc6oc7ccc(-c8ccc9c(c8)c8cc%10c(cc8n9-c8ccccc8)c8ccccc8n%10-c8ccccc8)cc7c6c5)cc4c4cc5c(cc43)c3ccccc3n5-c3ccccc3)n2)cc1. The van der Waals surface area contributed by atoms with Crippen LogP contribution in [-0.2, 0) is 0 Å². The Morgan fingerprint density at radius 1 is 0.202 bits per heavy atom. The molecule has 0 saturated carbocycles. The first-order chi connectivity index (χ1) is 44.1. The molecule has 0 bridgehead atoms. The van der Waals surface area contributed by atoms with Gasteiger partial charge in [-0.05, 0) is 144 Å². The maximum Gasteiger partial charge on any atom is 0.238 e. The van der Waals surface area contributed by atoms with Crippen molar-refractivity contribution < 1.29 is 4.42 Å². The predicted molar refractivity (Wildman–Crippen MR) is 366 cm³/mol. The van der Waals surface area contributed by atoms with Gasteiger partial charge < -0.3 is 18.1 Å². The van der Waals surface area contributed by atoms with Gasteiger partial charge in [-0.25, -0.2) is 4.98 Å². The van der Waals surface area contributed by atoms with E-state index in [1.54, 1.807) is 0 Å². The van der Waals surface area contributed by atoms with Gasteiger partial charge in [0, 0.05) is 82.1 Å². The number of aromatic nitrogens is 7. The lowest BCUT2D eigenvalue weighted by molar-refractivity contribution is 0.669. The quantitative estimate of drug-likeness (QED) is 0.152. The largest absolute Gasteiger partial charge is 0.456 e. The van der Waals surface area contributed by atoms with Crippen LogP contribution in [0.2, 0.25) is 0 Å². The van der Waals surface area contributed by atoms with Crippen LogP contribution < -0.4 is 0 Å². The zero-order valence-electron chi connectivity index (χ0n) is 47.8. The number of furan rings is 1. The third-order valence-corrected chi connectivity index (χ3v) is 18.2. The van der Waals surface area contributed by atoms with E-state index in [0.29, 0.717) is 17.6 Å². The second-order valence-electron chi connectivity index (χ2n) is 23.2. The summed E-state index contributed by atoms with van der Waals surface area (Å²) < 4.78 is 16.1. The molecule has 0 fully saturated rings. The fourth-order valence-electron chi connectivity index (χ4n) is 14.1. The van der Waals surface area contributed by atoms with Crippen LogP contribution in [0.3, 0.4) is 0 Å². The van der Waals surface area contributed by atoms with Crippen molar-refractivity contribution in [1.29, 1.82) is 0 Å². The number of para-hydroxylation sites is 5. The Kier molecular flexibility index (Phi) is 10.6. The predicted octanol–water partition coefficient (Wildman–Crippen LogP) is 20.8. The molecule has 13 aromatic carbocycles. The van der Waals surface area contributed by atoms with Crippen molar-refractivity contribution in [1.82, 2.24) is 33.2 Å². The first-order valence-electron chi connectivity index (χ1n) is 30.2. The highest BCUT2D eigenvalue weighted by Crippen LogP contribution is 2.45. The van der Waals surface area contributed by atoms with Crippen molar-refractivity contribution in [3.63, 3.8) is 0 Å². The summed E-state index contributed by atoms with van der Waals surface area (Å²) in [6.45, 7) is 0. The normalized spacial score (nSPS) is 12.0. The molecule has 0 spiro atoms. The molecular weight excluding hydrogens is 1090 g/mol. The van der Waals surface area contributed by atoms with Gasteiger partial charge >= 0.3 is 0 Å². The van der Waals surface area contributed by atoms with E-state index >= 15 is 0 Å². The molecule has 0 unspecified atom stereocenters. The van der Waals surface area contributed by atoms with Gasteiger partial charge in [0.2, 0.25) is 5.95 Å². The van der Waals surface area contributed by atoms with Gasteiger partial charge in [0.15, 0.2) is 11.6 Å². The van der Waals surface area contributed by atoms with Gasteiger partial charge in [-0.15, -0.1) is 0 Å². The van der Waals surface area contributed by atoms with Crippen molar-refractivity contribution in [2.75, 3.05) is 0 Å². The number of fused-ring (bicyclic) bond motifs is 15. The van der Waals surface area contributed by atoms with Crippen molar-refractivity contribution >= 4 is 109 Å². The van der Waals surface area contributed by atoms with Crippen LogP contribution in [0, 0.1) is 0 Å². The second-order valence-corrected chi connectivity index (χ2v) is 23.2. The fourth-order valence-corrected chi connectivity index (χ4v) is 14.1. The molecule has 0 aliphatic carbocycles. The van der Waals surface area contributed by atoms with E-state index < -0.39 is 0 Å². The molecule has 89 heavy (non-hydrogen) atoms. The highest BCUT2D eigenvalue weighted by Gasteiger charge is 2.24. The van der Waals surface area contributed by atoms with Gasteiger partial charge in [-0.2, -0.15) is 9.97 Å². The van der Waals surface area contributed by atoms with E-state index in [1.165, 1.54) is 43.5 Å². The smallest absolute Gasteiger partial charge is 0.238 e. The molecule has 0 saturated heterocycles. The highest BCUT2D eigenvalue weighted by atomic mass is 16.3. The summed E-state index contributed by atoms with van der Waals surface area (Å²) in [5, 5.41) is 11.4. The molecule has 0 aliphatic heterocycles. The molecule has 19 aromatic rings. The van der Waals surface area contributed by atoms with Crippen molar-refractivity contribution in [2.45, 2.75) is 0 Å². The number of rotatable bonds is 8. The number of hydrogen-bond acceptors (Lipinski definition) is 4. The van der Waals surface area contributed by atoms with Gasteiger partial charge in [-0.1, -0.05) is 176 Å². The molecular formula is C81H49N7O. The molecule has 0 atom stereocenters. The summed E-state index contributed by atoms with van der Waals surface area (Å²) >= 11 is 0. The Hall–Kier alpha value is -12.1. The lowest BCUT2D eigenvalue weighted by Crippen LogP contribution is -2.06. The first-order valence-corrected chi connectivity index (χ1v) is 30.2. The second kappa shape index (κ2) is 19.2. The topological polar surface area (TPSA) is 71.5 Å². The summed E-state index contributed by atoms with van der Waals surface area (Å²) in [5.74, 6) is 1.75. The third kappa shape index (κ3) is 7.57. The van der Waals surface area contributed by atoms with Crippen LogP contribution in [0.4, 0.5) is 0 Å². The first kappa shape index (κ1) is 49.2. The third-order valence-electron chi connectivity index (χ3n) is 18.2. The lowest BCUT2D eigenvalue weighted by Gasteiger charge is -2.11. The van der Waals surface area contributed by atoms with E-state index in [2.05, 4.69) is 279 Å². The molecule has 0 aliphatic rings. The molecule has 0 N–H and O–H groups in total. The van der Waals surface area contributed by atoms with E-state index in [-0.39, 0.29) is 0 Å². The van der Waals surface area contributed by atoms with E-state index in [4.69, 9.17) is 19.4 Å². The standard InChI is InChI=1S/C81H49N7O/c1-6-20-50(21-7-1)79-82-80(51-22-8-2-9-23-51)84-81(83-79)88-72-39-35-53(43-62(72)66-49-74-64(47-76(66)88)60-31-17-19-33-70(60)86(74)57-26-12-4-13-27-57)55-37-41-78-68(45-55)67-44-54(36-40-77(67)89-78)52-34-38-71-61(42-52)65-48-73-63(46-75(65)87(71)58-28-14-5-15-29-58)59-30-16-18-32-69(59)85(73)56-24-10-3-11-25-56/h1-49H. The maximum atomic E-state index is 6.67. The van der Waals surface area contributed by atoms with Crippen molar-refractivity contribution in [3.8, 4) is 68.0 Å². The summed E-state index contributed by atoms with van der Waals surface area (Å²) in [4.78, 5) is 15.8. The number of hydrogen-bond donors (Lipinski definition) is 0. The zero-order valence-corrected chi connectivity index (χ0v) is 47.8. The highest BCUT2D eigenvalue weighted by molar-refractivity contribution is 6.21. The summed E-state index contributed by atoms with van der Waals surface area (Å²) in [7, 11) is 0. The van der Waals surface area contributed by atoms with Crippen molar-refractivity contribution in [3.05, 3.63) is 297 Å². The van der Waals surface area contributed by atoms with Crippen LogP contribution >= 0.6 is 0 Å². The Morgan fingerprint density at radius 3 is 0.921 bits per heavy atom. The van der Waals surface area contributed by atoms with Gasteiger partial charge in [0.05, 0.1) is 44.1 Å². The van der Waals surface area contributed by atoms with E-state index in [0.717, 1.165) is 116 Å². The van der Waals surface area contributed by atoms with Crippen LogP contribution in [0.5, 0.6) is 0 Å². The molecule has 6 aromatic heterocycles. The zero-order chi connectivity index (χ0) is 58.3. The average molecular weight is 1140 g/mol. The molecule has 19 rings (SSSR count). The summed E-state index contributed by atoms with van der Waals surface area (Å²) in [5.41, 5.74) is 20.2. The number of nitrogens with zero attached hydrogens (tertiary/aromatic N) is 7.